The highest BCUT2D eigenvalue weighted by Crippen LogP contribution is 2.24. The number of aromatic nitrogens is 2. The summed E-state index contributed by atoms with van der Waals surface area (Å²) in [7, 11) is 1.93. The van der Waals surface area contributed by atoms with Crippen molar-refractivity contribution in [1.82, 2.24) is 15.5 Å². The molecule has 0 aromatic carbocycles. The highest BCUT2D eigenvalue weighted by Gasteiger charge is 2.17. The molecule has 16 heavy (non-hydrogen) atoms. The van der Waals surface area contributed by atoms with Crippen LogP contribution in [0, 0.1) is 5.92 Å². The molecule has 90 valence electrons. The summed E-state index contributed by atoms with van der Waals surface area (Å²) in [4.78, 5) is 4.42. The van der Waals surface area contributed by atoms with Crippen LogP contribution in [0.2, 0.25) is 0 Å². The Morgan fingerprint density at radius 1 is 1.44 bits per heavy atom. The van der Waals surface area contributed by atoms with Crippen molar-refractivity contribution in [2.24, 2.45) is 5.92 Å². The summed E-state index contributed by atoms with van der Waals surface area (Å²) in [6.45, 7) is 0.891. The van der Waals surface area contributed by atoms with Crippen LogP contribution in [0.5, 0.6) is 0 Å². The highest BCUT2D eigenvalue weighted by atomic mass is 32.2. The van der Waals surface area contributed by atoms with Crippen molar-refractivity contribution in [2.45, 2.75) is 25.7 Å². The largest absolute Gasteiger partial charge is 0.339 e. The number of likely N-dealkylation sites (N-methyl/N-ethyl adjacent to an activating group) is 1. The molecule has 1 aliphatic rings. The van der Waals surface area contributed by atoms with Crippen molar-refractivity contribution in [3.05, 3.63) is 11.7 Å². The van der Waals surface area contributed by atoms with Crippen LogP contribution >= 0.6 is 11.8 Å². The van der Waals surface area contributed by atoms with Gasteiger partial charge in [0.2, 0.25) is 5.89 Å². The first-order valence-corrected chi connectivity index (χ1v) is 7.07. The molecule has 1 aliphatic heterocycles. The predicted molar refractivity (Wildman–Crippen MR) is 65.7 cm³/mol. The van der Waals surface area contributed by atoms with Crippen molar-refractivity contribution in [2.75, 3.05) is 25.1 Å². The lowest BCUT2D eigenvalue weighted by molar-refractivity contribution is 0.366. The van der Waals surface area contributed by atoms with Gasteiger partial charge in [0.1, 0.15) is 0 Å². The van der Waals surface area contributed by atoms with Gasteiger partial charge in [0.25, 0.3) is 0 Å². The smallest absolute Gasteiger partial charge is 0.227 e. The number of nitrogens with zero attached hydrogens (tertiary/aromatic N) is 2. The van der Waals surface area contributed by atoms with Gasteiger partial charge in [-0.1, -0.05) is 5.16 Å². The molecule has 0 unspecified atom stereocenters. The predicted octanol–water partition coefficient (Wildman–Crippen LogP) is 1.52. The van der Waals surface area contributed by atoms with E-state index in [9.17, 15) is 0 Å². The average Bonchev–Trinajstić information content (AvgIpc) is 2.75. The van der Waals surface area contributed by atoms with Crippen molar-refractivity contribution >= 4 is 11.8 Å². The first-order chi connectivity index (χ1) is 7.88. The normalized spacial score (nSPS) is 17.8. The minimum atomic E-state index is 0.759. The van der Waals surface area contributed by atoms with Gasteiger partial charge in [-0.25, -0.2) is 0 Å². The van der Waals surface area contributed by atoms with E-state index >= 15 is 0 Å². The van der Waals surface area contributed by atoms with Crippen LogP contribution in [-0.4, -0.2) is 35.2 Å². The molecule has 4 nitrogen and oxygen atoms in total. The van der Waals surface area contributed by atoms with Gasteiger partial charge in [0.05, 0.1) is 0 Å². The fourth-order valence-electron chi connectivity index (χ4n) is 1.92. The van der Waals surface area contributed by atoms with Crippen LogP contribution in [0.3, 0.4) is 0 Å². The van der Waals surface area contributed by atoms with Crippen molar-refractivity contribution < 1.29 is 4.52 Å². The standard InChI is InChI=1S/C11H19N3OS/c1-12-5-2-11-13-10(14-15-11)8-9-3-6-16-7-4-9/h9,12H,2-8H2,1H3. The Morgan fingerprint density at radius 2 is 2.25 bits per heavy atom. The Morgan fingerprint density at radius 3 is 3.00 bits per heavy atom. The van der Waals surface area contributed by atoms with Gasteiger partial charge in [0, 0.05) is 19.4 Å². The molecule has 0 aliphatic carbocycles. The van der Waals surface area contributed by atoms with E-state index in [1.165, 1.54) is 24.3 Å². The third kappa shape index (κ3) is 3.49. The number of thioether (sulfide) groups is 1. The number of nitrogens with one attached hydrogen (secondary N) is 1. The molecular formula is C11H19N3OS. The Balaban J connectivity index is 1.81. The summed E-state index contributed by atoms with van der Waals surface area (Å²) in [6, 6.07) is 0. The molecule has 2 heterocycles. The lowest BCUT2D eigenvalue weighted by atomic mass is 9.99. The molecule has 1 fully saturated rings. The molecule has 0 spiro atoms. The lowest BCUT2D eigenvalue weighted by Gasteiger charge is -2.19. The van der Waals surface area contributed by atoms with Crippen molar-refractivity contribution in [3.63, 3.8) is 0 Å². The van der Waals surface area contributed by atoms with Crippen LogP contribution in [-0.2, 0) is 12.8 Å². The van der Waals surface area contributed by atoms with E-state index in [2.05, 4.69) is 27.2 Å². The third-order valence-corrected chi connectivity index (χ3v) is 3.96. The van der Waals surface area contributed by atoms with Gasteiger partial charge in [-0.2, -0.15) is 16.7 Å². The molecule has 0 bridgehead atoms. The molecule has 0 amide bonds. The molecule has 2 rings (SSSR count). The molecule has 0 saturated carbocycles. The van der Waals surface area contributed by atoms with Crippen LogP contribution in [0.1, 0.15) is 24.6 Å². The monoisotopic (exact) mass is 241 g/mol. The lowest BCUT2D eigenvalue weighted by Crippen LogP contribution is -2.13. The first kappa shape index (κ1) is 11.9. The Bertz CT molecular complexity index is 310. The molecule has 1 aromatic heterocycles. The maximum absolute atomic E-state index is 5.20. The highest BCUT2D eigenvalue weighted by molar-refractivity contribution is 7.99. The number of hydrogen-bond donors (Lipinski definition) is 1. The Kier molecular flexibility index (Phi) is 4.66. The average molecular weight is 241 g/mol. The number of hydrogen-bond acceptors (Lipinski definition) is 5. The molecule has 1 N–H and O–H groups in total. The van der Waals surface area contributed by atoms with E-state index in [1.807, 2.05) is 7.05 Å². The first-order valence-electron chi connectivity index (χ1n) is 5.92. The molecule has 5 heteroatoms. The second-order valence-electron chi connectivity index (χ2n) is 4.22. The van der Waals surface area contributed by atoms with Gasteiger partial charge in [0.15, 0.2) is 5.82 Å². The second-order valence-corrected chi connectivity index (χ2v) is 5.44. The summed E-state index contributed by atoms with van der Waals surface area (Å²) >= 11 is 2.05. The van der Waals surface area contributed by atoms with Crippen LogP contribution in [0.15, 0.2) is 4.52 Å². The van der Waals surface area contributed by atoms with Crippen LogP contribution < -0.4 is 5.32 Å². The van der Waals surface area contributed by atoms with Crippen LogP contribution in [0.25, 0.3) is 0 Å². The van der Waals surface area contributed by atoms with Crippen molar-refractivity contribution in [3.8, 4) is 0 Å². The van der Waals surface area contributed by atoms with E-state index in [1.54, 1.807) is 0 Å². The topological polar surface area (TPSA) is 51.0 Å². The zero-order valence-electron chi connectivity index (χ0n) is 9.74. The maximum Gasteiger partial charge on any atom is 0.227 e. The zero-order valence-corrected chi connectivity index (χ0v) is 10.6. The summed E-state index contributed by atoms with van der Waals surface area (Å²) in [6.07, 6.45) is 4.41. The second kappa shape index (κ2) is 6.25. The maximum atomic E-state index is 5.20. The molecule has 0 radical (unpaired) electrons. The summed E-state index contributed by atoms with van der Waals surface area (Å²) in [5.74, 6) is 4.98. The van der Waals surface area contributed by atoms with Gasteiger partial charge in [-0.15, -0.1) is 0 Å². The minimum Gasteiger partial charge on any atom is -0.339 e. The third-order valence-electron chi connectivity index (χ3n) is 2.91. The van der Waals surface area contributed by atoms with Gasteiger partial charge in [-0.05, 0) is 37.3 Å². The van der Waals surface area contributed by atoms with Crippen molar-refractivity contribution in [1.29, 1.82) is 0 Å². The zero-order chi connectivity index (χ0) is 11.2. The van der Waals surface area contributed by atoms with Gasteiger partial charge in [-0.3, -0.25) is 0 Å². The fourth-order valence-corrected chi connectivity index (χ4v) is 3.12. The van der Waals surface area contributed by atoms with Gasteiger partial charge < -0.3 is 9.84 Å². The van der Waals surface area contributed by atoms with E-state index < -0.39 is 0 Å². The van der Waals surface area contributed by atoms with E-state index in [-0.39, 0.29) is 0 Å². The molecule has 0 atom stereocenters. The summed E-state index contributed by atoms with van der Waals surface area (Å²) < 4.78 is 5.20. The minimum absolute atomic E-state index is 0.759. The summed E-state index contributed by atoms with van der Waals surface area (Å²) in [5, 5.41) is 7.12. The quantitative estimate of drug-likeness (QED) is 0.847. The molecular weight excluding hydrogens is 222 g/mol. The van der Waals surface area contributed by atoms with E-state index in [0.717, 1.165) is 37.0 Å². The van der Waals surface area contributed by atoms with E-state index in [4.69, 9.17) is 4.52 Å². The molecule has 1 aromatic rings. The van der Waals surface area contributed by atoms with Gasteiger partial charge >= 0.3 is 0 Å². The molecule has 1 saturated heterocycles. The Hall–Kier alpha value is -0.550. The number of rotatable bonds is 5. The van der Waals surface area contributed by atoms with Crippen LogP contribution in [0.4, 0.5) is 0 Å². The summed E-state index contributed by atoms with van der Waals surface area (Å²) in [5.41, 5.74) is 0. The Labute approximate surface area is 101 Å². The van der Waals surface area contributed by atoms with E-state index in [0.29, 0.717) is 0 Å². The SMILES string of the molecule is CNCCc1nc(CC2CCSCC2)no1. The fraction of sp³-hybridized carbons (Fsp3) is 0.818.